The topological polar surface area (TPSA) is 26.0 Å². The van der Waals surface area contributed by atoms with Gasteiger partial charge in [0.25, 0.3) is 0 Å². The molecule has 0 spiro atoms. The van der Waals surface area contributed by atoms with Crippen LogP contribution >= 0.6 is 27.5 Å². The zero-order chi connectivity index (χ0) is 13.1. The van der Waals surface area contributed by atoms with Gasteiger partial charge < -0.3 is 5.73 Å². The lowest BCUT2D eigenvalue weighted by Gasteiger charge is -2.13. The van der Waals surface area contributed by atoms with Gasteiger partial charge in [-0.2, -0.15) is 13.2 Å². The standard InChI is InChI=1S/C11H12BrClF3N/c12-8-4-3-7(6-9(8)13)10(17)2-1-5-11(14,15)16/h3-4,6,10H,1-2,5,17H2. The summed E-state index contributed by atoms with van der Waals surface area (Å²) in [6.45, 7) is 0. The van der Waals surface area contributed by atoms with Crippen molar-refractivity contribution in [3.05, 3.63) is 33.3 Å². The van der Waals surface area contributed by atoms with E-state index in [-0.39, 0.29) is 12.8 Å². The number of hydrogen-bond donors (Lipinski definition) is 1. The third kappa shape index (κ3) is 5.27. The molecule has 1 unspecified atom stereocenters. The molecule has 2 N–H and O–H groups in total. The van der Waals surface area contributed by atoms with E-state index in [2.05, 4.69) is 15.9 Å². The third-order valence-electron chi connectivity index (χ3n) is 2.35. The number of nitrogens with two attached hydrogens (primary N) is 1. The fourth-order valence-corrected chi connectivity index (χ4v) is 1.87. The van der Waals surface area contributed by atoms with Crippen LogP contribution in [0.4, 0.5) is 13.2 Å². The SMILES string of the molecule is NC(CCCC(F)(F)F)c1ccc(Br)c(Cl)c1. The van der Waals surface area contributed by atoms with Crippen molar-refractivity contribution in [1.29, 1.82) is 0 Å². The summed E-state index contributed by atoms with van der Waals surface area (Å²) >= 11 is 9.12. The zero-order valence-corrected chi connectivity index (χ0v) is 11.2. The highest BCUT2D eigenvalue weighted by molar-refractivity contribution is 9.10. The van der Waals surface area contributed by atoms with Crippen molar-refractivity contribution < 1.29 is 13.2 Å². The predicted octanol–water partition coefficient (Wildman–Crippen LogP) is 4.83. The molecule has 17 heavy (non-hydrogen) atoms. The van der Waals surface area contributed by atoms with Gasteiger partial charge >= 0.3 is 6.18 Å². The Morgan fingerprint density at radius 1 is 1.35 bits per heavy atom. The molecule has 96 valence electrons. The van der Waals surface area contributed by atoms with Gasteiger partial charge in [0.1, 0.15) is 0 Å². The van der Waals surface area contributed by atoms with E-state index in [1.54, 1.807) is 18.2 Å². The molecule has 1 atom stereocenters. The molecule has 0 heterocycles. The molecule has 0 saturated carbocycles. The number of halogens is 5. The van der Waals surface area contributed by atoms with Crippen molar-refractivity contribution in [1.82, 2.24) is 0 Å². The molecule has 0 saturated heterocycles. The van der Waals surface area contributed by atoms with Crippen LogP contribution < -0.4 is 5.73 Å². The molecule has 0 aliphatic heterocycles. The first-order valence-electron chi connectivity index (χ1n) is 5.07. The van der Waals surface area contributed by atoms with Gasteiger partial charge in [0.15, 0.2) is 0 Å². The Bertz CT molecular complexity index is 381. The summed E-state index contributed by atoms with van der Waals surface area (Å²) in [5, 5.41) is 0.508. The quantitative estimate of drug-likeness (QED) is 0.840. The number of hydrogen-bond acceptors (Lipinski definition) is 1. The summed E-state index contributed by atoms with van der Waals surface area (Å²) in [6, 6.07) is 4.75. The van der Waals surface area contributed by atoms with Crippen molar-refractivity contribution >= 4 is 27.5 Å². The van der Waals surface area contributed by atoms with Crippen LogP contribution in [0, 0.1) is 0 Å². The summed E-state index contributed by atoms with van der Waals surface area (Å²) in [6.07, 6.45) is -4.60. The average Bonchev–Trinajstić information content (AvgIpc) is 2.20. The maximum Gasteiger partial charge on any atom is 0.389 e. The van der Waals surface area contributed by atoms with Crippen LogP contribution in [0.1, 0.15) is 30.9 Å². The summed E-state index contributed by atoms with van der Waals surface area (Å²) in [5.41, 5.74) is 6.55. The molecule has 0 fully saturated rings. The van der Waals surface area contributed by atoms with E-state index >= 15 is 0 Å². The number of benzene rings is 1. The van der Waals surface area contributed by atoms with E-state index in [1.807, 2.05) is 0 Å². The Labute approximate surface area is 111 Å². The molecule has 1 aromatic carbocycles. The minimum atomic E-state index is -4.11. The average molecular weight is 331 g/mol. The molecule has 6 heteroatoms. The van der Waals surface area contributed by atoms with Gasteiger partial charge in [-0.15, -0.1) is 0 Å². The molecule has 1 nitrogen and oxygen atoms in total. The smallest absolute Gasteiger partial charge is 0.324 e. The Hall–Kier alpha value is -0.260. The van der Waals surface area contributed by atoms with E-state index in [1.165, 1.54) is 0 Å². The molecule has 0 bridgehead atoms. The molecular formula is C11H12BrClF3N. The Balaban J connectivity index is 2.52. The van der Waals surface area contributed by atoms with Crippen molar-refractivity contribution in [2.45, 2.75) is 31.5 Å². The molecule has 0 aliphatic rings. The first kappa shape index (κ1) is 14.8. The normalized spacial score (nSPS) is 13.8. The molecule has 1 rings (SSSR count). The minimum Gasteiger partial charge on any atom is -0.324 e. The molecule has 1 aromatic rings. The van der Waals surface area contributed by atoms with Gasteiger partial charge in [0, 0.05) is 16.9 Å². The van der Waals surface area contributed by atoms with E-state index in [9.17, 15) is 13.2 Å². The highest BCUT2D eigenvalue weighted by Crippen LogP contribution is 2.28. The second-order valence-corrected chi connectivity index (χ2v) is 5.05. The van der Waals surface area contributed by atoms with Crippen LogP contribution in [-0.4, -0.2) is 6.18 Å². The highest BCUT2D eigenvalue weighted by atomic mass is 79.9. The third-order valence-corrected chi connectivity index (χ3v) is 3.58. The van der Waals surface area contributed by atoms with Crippen molar-refractivity contribution in [2.75, 3.05) is 0 Å². The summed E-state index contributed by atoms with van der Waals surface area (Å²) < 4.78 is 36.6. The van der Waals surface area contributed by atoms with Crippen molar-refractivity contribution in [3.8, 4) is 0 Å². The second kappa shape index (κ2) is 6.07. The largest absolute Gasteiger partial charge is 0.389 e. The fraction of sp³-hybridized carbons (Fsp3) is 0.455. The second-order valence-electron chi connectivity index (χ2n) is 3.79. The molecule has 0 amide bonds. The first-order chi connectivity index (χ1) is 7.79. The van der Waals surface area contributed by atoms with Crippen LogP contribution in [-0.2, 0) is 0 Å². The van der Waals surface area contributed by atoms with E-state index in [0.29, 0.717) is 5.02 Å². The van der Waals surface area contributed by atoms with Gasteiger partial charge in [0.05, 0.1) is 5.02 Å². The maximum absolute atomic E-state index is 12.0. The number of alkyl halides is 3. The van der Waals surface area contributed by atoms with Crippen LogP contribution in [0.3, 0.4) is 0 Å². The lowest BCUT2D eigenvalue weighted by atomic mass is 10.0. The molecule has 0 aliphatic carbocycles. The predicted molar refractivity (Wildman–Crippen MR) is 66.0 cm³/mol. The Kier molecular flexibility index (Phi) is 5.28. The molecule has 0 aromatic heterocycles. The first-order valence-corrected chi connectivity index (χ1v) is 6.24. The van der Waals surface area contributed by atoms with Gasteiger partial charge in [0.2, 0.25) is 0 Å². The van der Waals surface area contributed by atoms with Gasteiger partial charge in [-0.05, 0) is 46.5 Å². The number of rotatable bonds is 4. The fourth-order valence-electron chi connectivity index (χ4n) is 1.43. The van der Waals surface area contributed by atoms with Gasteiger partial charge in [-0.3, -0.25) is 0 Å². The van der Waals surface area contributed by atoms with Gasteiger partial charge in [-0.25, -0.2) is 0 Å². The van der Waals surface area contributed by atoms with Crippen LogP contribution in [0.5, 0.6) is 0 Å². The monoisotopic (exact) mass is 329 g/mol. The lowest BCUT2D eigenvalue weighted by molar-refractivity contribution is -0.135. The highest BCUT2D eigenvalue weighted by Gasteiger charge is 2.26. The minimum absolute atomic E-state index is 0.0261. The molecular weight excluding hydrogens is 318 g/mol. The van der Waals surface area contributed by atoms with Gasteiger partial charge in [-0.1, -0.05) is 17.7 Å². The lowest BCUT2D eigenvalue weighted by Crippen LogP contribution is -2.13. The van der Waals surface area contributed by atoms with Crippen molar-refractivity contribution in [2.24, 2.45) is 5.73 Å². The van der Waals surface area contributed by atoms with Crippen LogP contribution in [0.25, 0.3) is 0 Å². The summed E-state index contributed by atoms with van der Waals surface area (Å²) in [7, 11) is 0. The van der Waals surface area contributed by atoms with E-state index in [0.717, 1.165) is 10.0 Å². The van der Waals surface area contributed by atoms with Crippen LogP contribution in [0.15, 0.2) is 22.7 Å². The summed E-state index contributed by atoms with van der Waals surface area (Å²) in [5.74, 6) is 0. The Morgan fingerprint density at radius 2 is 2.00 bits per heavy atom. The molecule has 0 radical (unpaired) electrons. The van der Waals surface area contributed by atoms with Crippen molar-refractivity contribution in [3.63, 3.8) is 0 Å². The maximum atomic E-state index is 12.0. The summed E-state index contributed by atoms with van der Waals surface area (Å²) in [4.78, 5) is 0. The zero-order valence-electron chi connectivity index (χ0n) is 8.90. The Morgan fingerprint density at radius 3 is 2.53 bits per heavy atom. The van der Waals surface area contributed by atoms with E-state index in [4.69, 9.17) is 17.3 Å². The van der Waals surface area contributed by atoms with E-state index < -0.39 is 18.6 Å². The van der Waals surface area contributed by atoms with Crippen LogP contribution in [0.2, 0.25) is 5.02 Å².